The van der Waals surface area contributed by atoms with E-state index in [1.807, 2.05) is 0 Å². The Hall–Kier alpha value is -4.83. The molecule has 53 heavy (non-hydrogen) atoms. The Kier molecular flexibility index (Phi) is 11.1. The molecule has 2 aromatic carbocycles. The number of benzene rings is 2. The number of imide groups is 1. The Morgan fingerprint density at radius 3 is 2.64 bits per heavy atom. The summed E-state index contributed by atoms with van der Waals surface area (Å²) in [5, 5.41) is 16.7. The minimum absolute atomic E-state index is 0.0223. The van der Waals surface area contributed by atoms with Crippen LogP contribution in [0.2, 0.25) is 0 Å². The zero-order valence-corrected chi connectivity index (χ0v) is 29.9. The van der Waals surface area contributed by atoms with Crippen molar-refractivity contribution in [1.29, 1.82) is 0 Å². The van der Waals surface area contributed by atoms with E-state index < -0.39 is 35.1 Å². The van der Waals surface area contributed by atoms with Gasteiger partial charge in [0.05, 0.1) is 35.4 Å². The van der Waals surface area contributed by atoms with E-state index in [4.69, 9.17) is 9.47 Å². The van der Waals surface area contributed by atoms with Crippen molar-refractivity contribution in [1.82, 2.24) is 20.2 Å². The quantitative estimate of drug-likeness (QED) is 0.171. The summed E-state index contributed by atoms with van der Waals surface area (Å²) in [5.74, 6) is -1.10. The van der Waals surface area contributed by atoms with E-state index >= 15 is 0 Å². The highest BCUT2D eigenvalue weighted by atomic mass is 32.2. The van der Waals surface area contributed by atoms with E-state index in [0.717, 1.165) is 43.4 Å². The second kappa shape index (κ2) is 16.0. The number of H-pyrrole nitrogens is 1. The molecule has 1 saturated carbocycles. The van der Waals surface area contributed by atoms with E-state index in [9.17, 15) is 33.5 Å². The van der Waals surface area contributed by atoms with Crippen LogP contribution in [0.5, 0.6) is 5.75 Å². The summed E-state index contributed by atoms with van der Waals surface area (Å²) >= 11 is 1.68. The van der Waals surface area contributed by atoms with Gasteiger partial charge < -0.3 is 30.2 Å². The molecule has 0 bridgehead atoms. The van der Waals surface area contributed by atoms with Crippen LogP contribution in [0.4, 0.5) is 10.1 Å². The number of aliphatic hydroxyl groups excluding tert-OH is 1. The van der Waals surface area contributed by atoms with Crippen molar-refractivity contribution >= 4 is 57.9 Å². The maximum Gasteiger partial charge on any atom is 0.388 e. The second-order valence-electron chi connectivity index (χ2n) is 13.9. The fraction of sp³-hybridized carbons (Fsp3) is 0.486. The Bertz CT molecular complexity index is 2010. The SMILES string of the molecule is O=C(CCNc1cccc2c1C(=O)N(C1CCC(=O)[NH+]=C1O)C2=O)NC1CCC(SCc2nc3cc(OCC4CCOCC4)cc(F)c3c(=O)[nH]2)CC1. The van der Waals surface area contributed by atoms with Gasteiger partial charge in [-0.15, -0.1) is 4.99 Å². The molecule has 1 saturated heterocycles. The Labute approximate surface area is 308 Å². The van der Waals surface area contributed by atoms with Gasteiger partial charge in [0.15, 0.2) is 6.04 Å². The largest absolute Gasteiger partial charge is 0.493 e. The van der Waals surface area contributed by atoms with E-state index in [2.05, 4.69) is 25.6 Å². The highest BCUT2D eigenvalue weighted by Crippen LogP contribution is 2.33. The molecule has 0 spiro atoms. The van der Waals surface area contributed by atoms with Crippen molar-refractivity contribution in [2.45, 2.75) is 80.9 Å². The molecule has 3 aromatic rings. The number of fused-ring (bicyclic) bond motifs is 2. The fourth-order valence-electron chi connectivity index (χ4n) is 7.39. The van der Waals surface area contributed by atoms with Gasteiger partial charge >= 0.3 is 11.8 Å². The highest BCUT2D eigenvalue weighted by Gasteiger charge is 2.47. The summed E-state index contributed by atoms with van der Waals surface area (Å²) in [5.41, 5.74) is 0.531. The third-order valence-electron chi connectivity index (χ3n) is 10.3. The summed E-state index contributed by atoms with van der Waals surface area (Å²) in [7, 11) is 0. The van der Waals surface area contributed by atoms with Crippen LogP contribution >= 0.6 is 11.8 Å². The number of thioether (sulfide) groups is 1. The lowest BCUT2D eigenvalue weighted by Crippen LogP contribution is -2.82. The topological polar surface area (TPSA) is 194 Å². The first-order valence-electron chi connectivity index (χ1n) is 18.1. The molecule has 4 amide bonds. The van der Waals surface area contributed by atoms with E-state index in [1.54, 1.807) is 36.0 Å². The minimum Gasteiger partial charge on any atom is -0.493 e. The van der Waals surface area contributed by atoms with Gasteiger partial charge in [0.2, 0.25) is 5.91 Å². The number of carbonyl (C=O) groups is 4. The lowest BCUT2D eigenvalue weighted by atomic mass is 9.95. The van der Waals surface area contributed by atoms with E-state index in [0.29, 0.717) is 54.0 Å². The van der Waals surface area contributed by atoms with Crippen molar-refractivity contribution in [2.75, 3.05) is 31.7 Å². The Balaban J connectivity index is 0.862. The van der Waals surface area contributed by atoms with Gasteiger partial charge in [0.25, 0.3) is 17.4 Å². The van der Waals surface area contributed by atoms with Crippen molar-refractivity contribution in [3.63, 3.8) is 0 Å². The molecule has 280 valence electrons. The molecular weight excluding hydrogens is 708 g/mol. The zero-order chi connectivity index (χ0) is 37.1. The molecule has 7 rings (SSSR count). The summed E-state index contributed by atoms with van der Waals surface area (Å²) in [6, 6.07) is 6.79. The maximum absolute atomic E-state index is 14.9. The van der Waals surface area contributed by atoms with Crippen molar-refractivity contribution in [2.24, 2.45) is 5.92 Å². The van der Waals surface area contributed by atoms with Crippen molar-refractivity contribution in [3.8, 4) is 5.75 Å². The van der Waals surface area contributed by atoms with Gasteiger partial charge in [-0.1, -0.05) is 6.07 Å². The van der Waals surface area contributed by atoms with Gasteiger partial charge in [-0.2, -0.15) is 11.8 Å². The average Bonchev–Trinajstić information content (AvgIpc) is 3.40. The predicted molar refractivity (Wildman–Crippen MR) is 194 cm³/mol. The van der Waals surface area contributed by atoms with Gasteiger partial charge in [0, 0.05) is 55.3 Å². The molecule has 16 heteroatoms. The summed E-state index contributed by atoms with van der Waals surface area (Å²) in [6.07, 6.45) is 5.46. The molecular formula is C37H42FN6O8S+. The summed E-state index contributed by atoms with van der Waals surface area (Å²) < 4.78 is 26.1. The number of ether oxygens (including phenoxy) is 2. The van der Waals surface area contributed by atoms with Crippen LogP contribution in [-0.2, 0) is 20.1 Å². The fourth-order valence-corrected chi connectivity index (χ4v) is 8.52. The number of rotatable bonds is 12. The Morgan fingerprint density at radius 1 is 1.08 bits per heavy atom. The van der Waals surface area contributed by atoms with E-state index in [1.165, 1.54) is 6.07 Å². The normalized spacial score (nSPS) is 22.1. The molecule has 1 atom stereocenters. The van der Waals surface area contributed by atoms with Gasteiger partial charge in [-0.25, -0.2) is 14.2 Å². The molecule has 4 heterocycles. The van der Waals surface area contributed by atoms with Crippen LogP contribution in [0.3, 0.4) is 0 Å². The molecule has 0 radical (unpaired) electrons. The van der Waals surface area contributed by atoms with Gasteiger partial charge in [0.1, 0.15) is 22.8 Å². The number of halogens is 1. The molecule has 1 aromatic heterocycles. The van der Waals surface area contributed by atoms with Crippen LogP contribution in [0.1, 0.15) is 84.3 Å². The molecule has 1 aliphatic carbocycles. The predicted octanol–water partition coefficient (Wildman–Crippen LogP) is 2.35. The lowest BCUT2D eigenvalue weighted by Gasteiger charge is -2.28. The van der Waals surface area contributed by atoms with E-state index in [-0.39, 0.29) is 65.7 Å². The highest BCUT2D eigenvalue weighted by molar-refractivity contribution is 7.99. The smallest absolute Gasteiger partial charge is 0.388 e. The number of hydrogen-bond donors (Lipinski definition) is 5. The van der Waals surface area contributed by atoms with Gasteiger partial charge in [-0.05, 0) is 63.0 Å². The lowest BCUT2D eigenvalue weighted by molar-refractivity contribution is -0.394. The number of hydrogen-bond acceptors (Lipinski definition) is 10. The van der Waals surface area contributed by atoms with Crippen molar-refractivity contribution < 1.29 is 43.1 Å². The van der Waals surface area contributed by atoms with Crippen molar-refractivity contribution in [3.05, 3.63) is 63.5 Å². The molecule has 2 fully saturated rings. The summed E-state index contributed by atoms with van der Waals surface area (Å²) in [4.78, 5) is 74.2. The van der Waals surface area contributed by atoms with Crippen LogP contribution in [0.25, 0.3) is 10.9 Å². The number of nitrogens with zero attached hydrogens (tertiary/aromatic N) is 2. The molecule has 5 N–H and O–H groups in total. The molecule has 4 aliphatic rings. The monoisotopic (exact) mass is 749 g/mol. The number of aromatic nitrogens is 2. The number of aliphatic hydroxyl groups is 1. The Morgan fingerprint density at radius 2 is 1.87 bits per heavy atom. The number of nitrogens with one attached hydrogen (secondary N) is 4. The zero-order valence-electron chi connectivity index (χ0n) is 29.1. The average molecular weight is 750 g/mol. The molecule has 14 nitrogen and oxygen atoms in total. The number of aromatic amines is 1. The standard InChI is InChI=1S/C37H41FN6O8S/c38-25-16-22(52-18-20-11-14-51-15-12-20)17-27-33(25)35(48)42-29(41-27)19-53-23-6-4-21(5-7-23)40-31(46)10-13-39-26-3-1-2-24-32(26)37(50)44(36(24)49)28-8-9-30(45)43-34(28)47/h1-3,16-17,20-21,23,28,39H,4-15,18-19H2,(H,40,46)(H,41,42,48)(H,43,45,47)/p+1. The third-order valence-corrected chi connectivity index (χ3v) is 11.6. The first-order chi connectivity index (χ1) is 25.6. The van der Waals surface area contributed by atoms with Crippen LogP contribution in [0.15, 0.2) is 35.1 Å². The van der Waals surface area contributed by atoms with Crippen LogP contribution < -0.4 is 25.9 Å². The van der Waals surface area contributed by atoms with Gasteiger partial charge in [-0.3, -0.25) is 24.1 Å². The van der Waals surface area contributed by atoms with Crippen LogP contribution in [0, 0.1) is 11.7 Å². The third kappa shape index (κ3) is 8.23. The molecule has 3 aliphatic heterocycles. The first-order valence-corrected chi connectivity index (χ1v) is 19.1. The minimum atomic E-state index is -0.945. The molecule has 1 unspecified atom stereocenters. The number of carbonyl (C=O) groups excluding carboxylic acids is 4. The number of anilines is 1. The second-order valence-corrected chi connectivity index (χ2v) is 15.2. The van der Waals surface area contributed by atoms with Crippen LogP contribution in [-0.4, -0.2) is 93.2 Å². The maximum atomic E-state index is 14.9. The first kappa shape index (κ1) is 36.5. The number of amides is 4. The summed E-state index contributed by atoms with van der Waals surface area (Å²) in [6.45, 7) is 2.07.